The van der Waals surface area contributed by atoms with Crippen LogP contribution in [0.2, 0.25) is 0 Å². The first kappa shape index (κ1) is 22.7. The highest BCUT2D eigenvalue weighted by molar-refractivity contribution is 5.89. The average Bonchev–Trinajstić information content (AvgIpc) is 3.41. The zero-order chi connectivity index (χ0) is 24.4. The Balaban J connectivity index is 1.12. The van der Waals surface area contributed by atoms with Crippen LogP contribution in [0, 0.1) is 34.5 Å². The summed E-state index contributed by atoms with van der Waals surface area (Å²) in [5.41, 5.74) is 1.88. The lowest BCUT2D eigenvalue weighted by molar-refractivity contribution is -0.139. The lowest BCUT2D eigenvalue weighted by Gasteiger charge is -2.60. The Morgan fingerprint density at radius 1 is 1.20 bits per heavy atom. The average molecular weight is 476 g/mol. The predicted octanol–water partition coefficient (Wildman–Crippen LogP) is 4.22. The topological polar surface area (TPSA) is 91.0 Å². The summed E-state index contributed by atoms with van der Waals surface area (Å²) in [6.07, 6.45) is 13.4. The van der Waals surface area contributed by atoms with Crippen LogP contribution in [0.15, 0.2) is 30.5 Å². The SMILES string of the molecule is CN1C(=O)C=C[C@]2(C)[C@H]3CC[C@]4(C)[C@@H](CC(=O)NCc5nc6cccnc6[nH]5)CC[C@H]4[C@@H]3CC[C@@H]12. The Bertz CT molecular complexity index is 1160. The molecule has 3 saturated carbocycles. The van der Waals surface area contributed by atoms with E-state index in [0.29, 0.717) is 42.7 Å². The summed E-state index contributed by atoms with van der Waals surface area (Å²) in [7, 11) is 1.98. The molecule has 0 spiro atoms. The number of nitrogens with zero attached hydrogens (tertiary/aromatic N) is 3. The van der Waals surface area contributed by atoms with E-state index in [-0.39, 0.29) is 22.6 Å². The highest BCUT2D eigenvalue weighted by Crippen LogP contribution is 2.65. The van der Waals surface area contributed by atoms with Gasteiger partial charge in [0.25, 0.3) is 0 Å². The molecular formula is C28H37N5O2. The first-order valence-corrected chi connectivity index (χ1v) is 13.3. The minimum Gasteiger partial charge on any atom is -0.349 e. The number of hydrogen-bond acceptors (Lipinski definition) is 4. The highest BCUT2D eigenvalue weighted by Gasteiger charge is 2.60. The minimum absolute atomic E-state index is 0.0732. The van der Waals surface area contributed by atoms with Gasteiger partial charge in [0.05, 0.1) is 6.54 Å². The molecule has 0 unspecified atom stereocenters. The van der Waals surface area contributed by atoms with Crippen LogP contribution in [0.5, 0.6) is 0 Å². The van der Waals surface area contributed by atoms with Gasteiger partial charge in [-0.15, -0.1) is 0 Å². The van der Waals surface area contributed by atoms with Crippen LogP contribution in [-0.2, 0) is 16.1 Å². The molecule has 35 heavy (non-hydrogen) atoms. The molecule has 2 aromatic heterocycles. The largest absolute Gasteiger partial charge is 0.349 e. The molecule has 0 saturated heterocycles. The maximum absolute atomic E-state index is 13.0. The molecule has 2 aromatic rings. The second-order valence-corrected chi connectivity index (χ2v) is 12.0. The van der Waals surface area contributed by atoms with E-state index in [1.165, 1.54) is 25.7 Å². The van der Waals surface area contributed by atoms with Gasteiger partial charge in [0.15, 0.2) is 5.65 Å². The number of nitrogens with one attached hydrogen (secondary N) is 2. The van der Waals surface area contributed by atoms with Crippen molar-refractivity contribution in [2.45, 2.75) is 71.4 Å². The molecule has 2 N–H and O–H groups in total. The van der Waals surface area contributed by atoms with Crippen molar-refractivity contribution < 1.29 is 9.59 Å². The van der Waals surface area contributed by atoms with E-state index >= 15 is 0 Å². The van der Waals surface area contributed by atoms with Gasteiger partial charge >= 0.3 is 0 Å². The first-order chi connectivity index (χ1) is 16.8. The van der Waals surface area contributed by atoms with Crippen molar-refractivity contribution in [1.29, 1.82) is 0 Å². The number of H-pyrrole nitrogens is 1. The number of likely N-dealkylation sites (N-methyl/N-ethyl adjacent to an activating group) is 1. The van der Waals surface area contributed by atoms with Gasteiger partial charge in [-0.2, -0.15) is 0 Å². The Kier molecular flexibility index (Phi) is 5.31. The third kappa shape index (κ3) is 3.53. The molecular weight excluding hydrogens is 438 g/mol. The van der Waals surface area contributed by atoms with E-state index in [4.69, 9.17) is 0 Å². The normalized spacial score (nSPS) is 38.2. The second-order valence-electron chi connectivity index (χ2n) is 12.0. The molecule has 0 aromatic carbocycles. The van der Waals surface area contributed by atoms with Crippen LogP contribution < -0.4 is 5.32 Å². The van der Waals surface area contributed by atoms with Crippen molar-refractivity contribution in [3.63, 3.8) is 0 Å². The summed E-state index contributed by atoms with van der Waals surface area (Å²) in [5, 5.41) is 3.10. The summed E-state index contributed by atoms with van der Waals surface area (Å²) < 4.78 is 0. The number of pyridine rings is 1. The molecule has 7 atom stereocenters. The summed E-state index contributed by atoms with van der Waals surface area (Å²) in [4.78, 5) is 39.3. The quantitative estimate of drug-likeness (QED) is 0.693. The lowest BCUT2D eigenvalue weighted by atomic mass is 9.47. The third-order valence-electron chi connectivity index (χ3n) is 10.5. The standard InChI is InChI=1S/C28H37N5O2/c1-27-12-10-20-18(7-9-22-28(20,2)13-11-25(35)33(22)3)19(27)8-6-17(27)15-24(34)30-16-23-31-21-5-4-14-29-26(21)32-23/h4-5,11,13-14,17-20,22H,6-10,12,15-16H2,1-3H3,(H,30,34)(H,29,31,32)/t17-,18+,19+,20+,22-,27-,28-/m1/s1. The summed E-state index contributed by atoms with van der Waals surface area (Å²) >= 11 is 0. The van der Waals surface area contributed by atoms with Gasteiger partial charge in [0, 0.05) is 31.1 Å². The van der Waals surface area contributed by atoms with Gasteiger partial charge in [-0.25, -0.2) is 9.97 Å². The maximum Gasteiger partial charge on any atom is 0.246 e. The van der Waals surface area contributed by atoms with Crippen molar-refractivity contribution in [1.82, 2.24) is 25.2 Å². The molecule has 4 aliphatic rings. The molecule has 3 aliphatic carbocycles. The lowest BCUT2D eigenvalue weighted by Crippen LogP contribution is -2.59. The highest BCUT2D eigenvalue weighted by atomic mass is 16.2. The van der Waals surface area contributed by atoms with E-state index in [2.05, 4.69) is 40.2 Å². The van der Waals surface area contributed by atoms with Gasteiger partial charge in [-0.05, 0) is 85.8 Å². The van der Waals surface area contributed by atoms with Crippen molar-refractivity contribution in [2.24, 2.45) is 34.5 Å². The number of hydrogen-bond donors (Lipinski definition) is 2. The fraction of sp³-hybridized carbons (Fsp3) is 0.643. The van der Waals surface area contributed by atoms with Gasteiger partial charge in [-0.3, -0.25) is 9.59 Å². The predicted molar refractivity (Wildman–Crippen MR) is 134 cm³/mol. The summed E-state index contributed by atoms with van der Waals surface area (Å²) in [6, 6.07) is 4.11. The van der Waals surface area contributed by atoms with Crippen LogP contribution >= 0.6 is 0 Å². The van der Waals surface area contributed by atoms with Crippen molar-refractivity contribution in [3.05, 3.63) is 36.3 Å². The zero-order valence-electron chi connectivity index (χ0n) is 21.1. The Morgan fingerprint density at radius 2 is 2.06 bits per heavy atom. The third-order valence-corrected chi connectivity index (χ3v) is 10.5. The van der Waals surface area contributed by atoms with Crippen molar-refractivity contribution in [2.75, 3.05) is 7.05 Å². The number of aromatic nitrogens is 3. The fourth-order valence-electron chi connectivity index (χ4n) is 8.64. The number of rotatable bonds is 4. The Hall–Kier alpha value is -2.70. The van der Waals surface area contributed by atoms with Gasteiger partial charge in [-0.1, -0.05) is 19.9 Å². The second kappa shape index (κ2) is 8.17. The van der Waals surface area contributed by atoms with Crippen molar-refractivity contribution in [3.8, 4) is 0 Å². The summed E-state index contributed by atoms with van der Waals surface area (Å²) in [5.74, 6) is 3.45. The number of aromatic amines is 1. The van der Waals surface area contributed by atoms with Crippen LogP contribution in [0.4, 0.5) is 0 Å². The van der Waals surface area contributed by atoms with Crippen LogP contribution in [0.3, 0.4) is 0 Å². The van der Waals surface area contributed by atoms with E-state index < -0.39 is 0 Å². The van der Waals surface area contributed by atoms with E-state index in [0.717, 1.165) is 29.8 Å². The van der Waals surface area contributed by atoms with Gasteiger partial charge in [0.2, 0.25) is 11.8 Å². The first-order valence-electron chi connectivity index (χ1n) is 13.3. The van der Waals surface area contributed by atoms with Crippen molar-refractivity contribution >= 4 is 23.0 Å². The monoisotopic (exact) mass is 475 g/mol. The molecule has 0 radical (unpaired) electrons. The molecule has 0 bridgehead atoms. The molecule has 7 nitrogen and oxygen atoms in total. The summed E-state index contributed by atoms with van der Waals surface area (Å²) in [6.45, 7) is 5.26. The smallest absolute Gasteiger partial charge is 0.246 e. The molecule has 2 amide bonds. The van der Waals surface area contributed by atoms with Crippen LogP contribution in [0.25, 0.3) is 11.2 Å². The molecule has 7 heteroatoms. The van der Waals surface area contributed by atoms with E-state index in [1.807, 2.05) is 30.2 Å². The van der Waals surface area contributed by atoms with Crippen LogP contribution in [0.1, 0.15) is 64.6 Å². The molecule has 3 heterocycles. The fourth-order valence-corrected chi connectivity index (χ4v) is 8.64. The number of amides is 2. The maximum atomic E-state index is 13.0. The molecule has 3 fully saturated rings. The zero-order valence-corrected chi connectivity index (χ0v) is 21.1. The Morgan fingerprint density at radius 3 is 2.89 bits per heavy atom. The number of carbonyl (C=O) groups is 2. The molecule has 1 aliphatic heterocycles. The molecule has 6 rings (SSSR count). The van der Waals surface area contributed by atoms with Gasteiger partial charge < -0.3 is 15.2 Å². The Labute approximate surface area is 207 Å². The number of fused-ring (bicyclic) bond motifs is 6. The number of carbonyl (C=O) groups excluding carboxylic acids is 2. The van der Waals surface area contributed by atoms with Gasteiger partial charge in [0.1, 0.15) is 11.3 Å². The molecule has 186 valence electrons. The number of imidazole rings is 1. The van der Waals surface area contributed by atoms with E-state index in [9.17, 15) is 9.59 Å². The minimum atomic E-state index is 0.0732. The van der Waals surface area contributed by atoms with Crippen LogP contribution in [-0.4, -0.2) is 44.8 Å². The van der Waals surface area contributed by atoms with E-state index in [1.54, 1.807) is 6.20 Å².